The molecular formula is C22H31FN4O3. The van der Waals surface area contributed by atoms with Gasteiger partial charge in [0.15, 0.2) is 5.96 Å². The van der Waals surface area contributed by atoms with Crippen molar-refractivity contribution in [3.63, 3.8) is 0 Å². The lowest BCUT2D eigenvalue weighted by molar-refractivity contribution is -0.120. The van der Waals surface area contributed by atoms with Crippen molar-refractivity contribution >= 4 is 11.9 Å². The van der Waals surface area contributed by atoms with Gasteiger partial charge in [-0.3, -0.25) is 4.79 Å². The van der Waals surface area contributed by atoms with Gasteiger partial charge in [0.25, 0.3) is 0 Å². The number of carbonyl (C=O) groups excluding carboxylic acids is 1. The van der Waals surface area contributed by atoms with Crippen LogP contribution in [0.3, 0.4) is 0 Å². The van der Waals surface area contributed by atoms with Gasteiger partial charge in [0.05, 0.1) is 13.0 Å². The van der Waals surface area contributed by atoms with Crippen molar-refractivity contribution in [2.45, 2.75) is 39.7 Å². The van der Waals surface area contributed by atoms with E-state index in [4.69, 9.17) is 4.42 Å². The van der Waals surface area contributed by atoms with E-state index in [1.165, 1.54) is 12.1 Å². The molecule has 4 N–H and O–H groups in total. The van der Waals surface area contributed by atoms with Crippen LogP contribution in [0.2, 0.25) is 0 Å². The zero-order valence-corrected chi connectivity index (χ0v) is 18.0. The van der Waals surface area contributed by atoms with Gasteiger partial charge in [0.2, 0.25) is 5.91 Å². The van der Waals surface area contributed by atoms with Crippen molar-refractivity contribution in [2.24, 2.45) is 4.99 Å². The Morgan fingerprint density at radius 1 is 1.20 bits per heavy atom. The van der Waals surface area contributed by atoms with E-state index in [0.717, 1.165) is 5.76 Å². The van der Waals surface area contributed by atoms with Crippen LogP contribution in [-0.2, 0) is 16.8 Å². The van der Waals surface area contributed by atoms with Crippen LogP contribution >= 0.6 is 0 Å². The molecule has 1 aromatic heterocycles. The van der Waals surface area contributed by atoms with Crippen LogP contribution in [-0.4, -0.2) is 43.2 Å². The average molecular weight is 419 g/mol. The van der Waals surface area contributed by atoms with Crippen LogP contribution < -0.4 is 16.0 Å². The molecule has 2 rings (SSSR count). The van der Waals surface area contributed by atoms with Crippen molar-refractivity contribution in [3.8, 4) is 0 Å². The van der Waals surface area contributed by atoms with E-state index in [1.54, 1.807) is 19.1 Å². The number of nitrogens with zero attached hydrogens (tertiary/aromatic N) is 1. The van der Waals surface area contributed by atoms with Gasteiger partial charge in [-0.25, -0.2) is 9.38 Å². The highest BCUT2D eigenvalue weighted by atomic mass is 19.1. The quantitative estimate of drug-likeness (QED) is 0.284. The van der Waals surface area contributed by atoms with Crippen molar-refractivity contribution in [1.82, 2.24) is 16.0 Å². The van der Waals surface area contributed by atoms with Gasteiger partial charge in [0, 0.05) is 25.2 Å². The lowest BCUT2D eigenvalue weighted by Crippen LogP contribution is -2.42. The van der Waals surface area contributed by atoms with E-state index in [0.29, 0.717) is 42.5 Å². The largest absolute Gasteiger partial charge is 0.466 e. The summed E-state index contributed by atoms with van der Waals surface area (Å²) in [5.74, 6) is 1.41. The van der Waals surface area contributed by atoms with Gasteiger partial charge < -0.3 is 25.5 Å². The zero-order chi connectivity index (χ0) is 22.1. The first kappa shape index (κ1) is 23.4. The summed E-state index contributed by atoms with van der Waals surface area (Å²) in [5, 5.41) is 19.8. The molecule has 0 bridgehead atoms. The number of aryl methyl sites for hydroxylation is 2. The molecule has 0 fully saturated rings. The van der Waals surface area contributed by atoms with E-state index in [9.17, 15) is 14.3 Å². The third-order valence-electron chi connectivity index (χ3n) is 4.50. The summed E-state index contributed by atoms with van der Waals surface area (Å²) in [6, 6.07) is 7.81. The van der Waals surface area contributed by atoms with Crippen molar-refractivity contribution in [3.05, 3.63) is 58.8 Å². The molecule has 0 saturated carbocycles. The highest BCUT2D eigenvalue weighted by molar-refractivity contribution is 5.80. The number of guanidine groups is 1. The Morgan fingerprint density at radius 3 is 2.57 bits per heavy atom. The molecule has 0 aliphatic carbocycles. The highest BCUT2D eigenvalue weighted by Gasteiger charge is 2.27. The summed E-state index contributed by atoms with van der Waals surface area (Å²) in [7, 11) is 0. The zero-order valence-electron chi connectivity index (χ0n) is 18.0. The molecule has 0 radical (unpaired) electrons. The van der Waals surface area contributed by atoms with Gasteiger partial charge in [-0.05, 0) is 51.5 Å². The second-order valence-electron chi connectivity index (χ2n) is 7.38. The molecule has 1 aromatic carbocycles. The van der Waals surface area contributed by atoms with Gasteiger partial charge in [-0.15, -0.1) is 0 Å². The SMILES string of the molecule is CCNC(=NCC(C)(O)c1cc(C)oc1C)NCCNC(=O)Cc1cccc(F)c1. The highest BCUT2D eigenvalue weighted by Crippen LogP contribution is 2.27. The summed E-state index contributed by atoms with van der Waals surface area (Å²) < 4.78 is 18.7. The van der Waals surface area contributed by atoms with E-state index < -0.39 is 5.60 Å². The maximum Gasteiger partial charge on any atom is 0.224 e. The van der Waals surface area contributed by atoms with E-state index in [-0.39, 0.29) is 24.7 Å². The average Bonchev–Trinajstić information content (AvgIpc) is 3.02. The van der Waals surface area contributed by atoms with Crippen molar-refractivity contribution in [1.29, 1.82) is 0 Å². The van der Waals surface area contributed by atoms with Crippen LogP contribution in [0.5, 0.6) is 0 Å². The topological polar surface area (TPSA) is 98.9 Å². The van der Waals surface area contributed by atoms with E-state index >= 15 is 0 Å². The number of carbonyl (C=O) groups is 1. The second-order valence-corrected chi connectivity index (χ2v) is 7.38. The van der Waals surface area contributed by atoms with Crippen LogP contribution in [0.25, 0.3) is 0 Å². The Labute approximate surface area is 176 Å². The number of halogens is 1. The molecule has 1 unspecified atom stereocenters. The maximum absolute atomic E-state index is 13.2. The lowest BCUT2D eigenvalue weighted by Gasteiger charge is -2.21. The Morgan fingerprint density at radius 2 is 1.93 bits per heavy atom. The van der Waals surface area contributed by atoms with Gasteiger partial charge in [-0.1, -0.05) is 12.1 Å². The van der Waals surface area contributed by atoms with Crippen LogP contribution in [0.15, 0.2) is 39.7 Å². The maximum atomic E-state index is 13.2. The van der Waals surface area contributed by atoms with E-state index in [2.05, 4.69) is 20.9 Å². The Bertz CT molecular complexity index is 877. The summed E-state index contributed by atoms with van der Waals surface area (Å²) in [6.45, 7) is 8.93. The molecule has 2 aromatic rings. The number of benzene rings is 1. The third-order valence-corrected chi connectivity index (χ3v) is 4.50. The van der Waals surface area contributed by atoms with Gasteiger partial charge >= 0.3 is 0 Å². The summed E-state index contributed by atoms with van der Waals surface area (Å²) >= 11 is 0. The molecule has 1 amide bonds. The second kappa shape index (κ2) is 10.8. The Balaban J connectivity index is 1.83. The van der Waals surface area contributed by atoms with Gasteiger partial charge in [-0.2, -0.15) is 0 Å². The standard InChI is InChI=1S/C22H31FN4O3/c1-5-24-21(27-14-22(4,29)19-11-15(2)30-16(19)3)26-10-9-25-20(28)13-17-7-6-8-18(23)12-17/h6-8,11-12,29H,5,9-10,13-14H2,1-4H3,(H,25,28)(H2,24,26,27). The molecule has 164 valence electrons. The fourth-order valence-electron chi connectivity index (χ4n) is 3.10. The number of amides is 1. The molecule has 1 atom stereocenters. The molecule has 0 spiro atoms. The molecule has 30 heavy (non-hydrogen) atoms. The first-order valence-corrected chi connectivity index (χ1v) is 10.0. The van der Waals surface area contributed by atoms with Gasteiger partial charge in [0.1, 0.15) is 22.9 Å². The molecule has 0 aliphatic heterocycles. The summed E-state index contributed by atoms with van der Waals surface area (Å²) in [5.41, 5.74) is 0.176. The van der Waals surface area contributed by atoms with Crippen molar-refractivity contribution in [2.75, 3.05) is 26.2 Å². The number of nitrogens with one attached hydrogen (secondary N) is 3. The Kier molecular flexibility index (Phi) is 8.41. The minimum absolute atomic E-state index is 0.123. The monoisotopic (exact) mass is 418 g/mol. The predicted molar refractivity (Wildman–Crippen MR) is 115 cm³/mol. The number of rotatable bonds is 9. The van der Waals surface area contributed by atoms with Crippen LogP contribution in [0.1, 0.15) is 36.5 Å². The summed E-state index contributed by atoms with van der Waals surface area (Å²) in [6.07, 6.45) is 0.123. The van der Waals surface area contributed by atoms with Crippen LogP contribution in [0, 0.1) is 19.7 Å². The fourth-order valence-corrected chi connectivity index (χ4v) is 3.10. The van der Waals surface area contributed by atoms with Crippen LogP contribution in [0.4, 0.5) is 4.39 Å². The first-order chi connectivity index (χ1) is 14.2. The molecular weight excluding hydrogens is 387 g/mol. The number of furan rings is 1. The fraction of sp³-hybridized carbons (Fsp3) is 0.455. The normalized spacial score (nSPS) is 13.6. The Hall–Kier alpha value is -2.87. The molecule has 7 nitrogen and oxygen atoms in total. The third kappa shape index (κ3) is 7.18. The van der Waals surface area contributed by atoms with Crippen molar-refractivity contribution < 1.29 is 18.7 Å². The number of aliphatic hydroxyl groups is 1. The lowest BCUT2D eigenvalue weighted by atomic mass is 9.96. The molecule has 0 saturated heterocycles. The summed E-state index contributed by atoms with van der Waals surface area (Å²) in [4.78, 5) is 16.4. The minimum atomic E-state index is -1.16. The molecule has 0 aliphatic rings. The van der Waals surface area contributed by atoms with E-state index in [1.807, 2.05) is 26.8 Å². The minimum Gasteiger partial charge on any atom is -0.466 e. The molecule has 8 heteroatoms. The number of aliphatic imine (C=N–C) groups is 1. The molecule has 1 heterocycles. The number of hydrogen-bond acceptors (Lipinski definition) is 4. The smallest absolute Gasteiger partial charge is 0.224 e. The first-order valence-electron chi connectivity index (χ1n) is 10.0. The predicted octanol–water partition coefficient (Wildman–Crippen LogP) is 2.16. The number of hydrogen-bond donors (Lipinski definition) is 4.